The summed E-state index contributed by atoms with van der Waals surface area (Å²) in [6.45, 7) is -0.567. The zero-order valence-corrected chi connectivity index (χ0v) is 10.7. The number of sulfonamides is 1. The van der Waals surface area contributed by atoms with Crippen LogP contribution in [0.2, 0.25) is 0 Å². The highest BCUT2D eigenvalue weighted by molar-refractivity contribution is 7.89. The van der Waals surface area contributed by atoms with Crippen LogP contribution in [0.15, 0.2) is 17.0 Å². The van der Waals surface area contributed by atoms with Crippen molar-refractivity contribution in [1.29, 1.82) is 0 Å². The number of primary sulfonamides is 1. The molecule has 1 aromatic rings. The minimum atomic E-state index is -4.39. The molecular weight excluding hydrogens is 309 g/mol. The standard InChI is InChI=1S/C10H10F5NO3S/c11-7-4-6(20(16,17)18)5-8(12)9(7)19-3-1-2-10(13,14)15/h4-5H,1-3H2,(H2,16,17,18). The van der Waals surface area contributed by atoms with E-state index < -0.39 is 57.9 Å². The average Bonchev–Trinajstić information content (AvgIpc) is 2.23. The van der Waals surface area contributed by atoms with Crippen molar-refractivity contribution in [2.75, 3.05) is 6.61 Å². The van der Waals surface area contributed by atoms with Crippen LogP contribution in [-0.2, 0) is 10.0 Å². The molecule has 0 heterocycles. The van der Waals surface area contributed by atoms with Gasteiger partial charge in [0.2, 0.25) is 10.0 Å². The molecule has 0 spiro atoms. The van der Waals surface area contributed by atoms with E-state index in [4.69, 9.17) is 0 Å². The molecule has 0 saturated heterocycles. The highest BCUT2D eigenvalue weighted by Gasteiger charge is 2.26. The van der Waals surface area contributed by atoms with Gasteiger partial charge in [0.25, 0.3) is 0 Å². The second-order valence-corrected chi connectivity index (χ2v) is 5.39. The number of benzene rings is 1. The Kier molecular flexibility index (Phi) is 4.92. The molecule has 0 amide bonds. The molecule has 114 valence electrons. The monoisotopic (exact) mass is 319 g/mol. The Morgan fingerprint density at radius 3 is 2.05 bits per heavy atom. The Balaban J connectivity index is 2.78. The van der Waals surface area contributed by atoms with Gasteiger partial charge in [0, 0.05) is 6.42 Å². The summed E-state index contributed by atoms with van der Waals surface area (Å²) in [4.78, 5) is -0.796. The molecule has 0 unspecified atom stereocenters. The van der Waals surface area contributed by atoms with Crippen molar-refractivity contribution in [3.05, 3.63) is 23.8 Å². The fraction of sp³-hybridized carbons (Fsp3) is 0.400. The summed E-state index contributed by atoms with van der Waals surface area (Å²) in [5, 5.41) is 4.69. The van der Waals surface area contributed by atoms with Gasteiger partial charge in [-0.25, -0.2) is 22.3 Å². The first-order chi connectivity index (χ1) is 9.00. The normalized spacial score (nSPS) is 12.5. The molecule has 0 aliphatic carbocycles. The van der Waals surface area contributed by atoms with Gasteiger partial charge < -0.3 is 4.74 Å². The van der Waals surface area contributed by atoms with Crippen LogP contribution in [0.25, 0.3) is 0 Å². The lowest BCUT2D eigenvalue weighted by molar-refractivity contribution is -0.136. The first kappa shape index (κ1) is 16.6. The molecule has 10 heteroatoms. The quantitative estimate of drug-likeness (QED) is 0.669. The number of alkyl halides is 3. The van der Waals surface area contributed by atoms with Crippen LogP contribution in [0.1, 0.15) is 12.8 Å². The van der Waals surface area contributed by atoms with Crippen molar-refractivity contribution in [2.45, 2.75) is 23.9 Å². The summed E-state index contributed by atoms with van der Waals surface area (Å²) in [7, 11) is -4.29. The topological polar surface area (TPSA) is 69.4 Å². The number of rotatable bonds is 5. The molecule has 0 radical (unpaired) electrons. The van der Waals surface area contributed by atoms with Crippen molar-refractivity contribution >= 4 is 10.0 Å². The summed E-state index contributed by atoms with van der Waals surface area (Å²) in [6.07, 6.45) is -6.04. The maximum atomic E-state index is 13.4. The van der Waals surface area contributed by atoms with E-state index in [1.54, 1.807) is 0 Å². The number of hydrogen-bond donors (Lipinski definition) is 1. The van der Waals surface area contributed by atoms with Crippen LogP contribution in [-0.4, -0.2) is 21.2 Å². The lowest BCUT2D eigenvalue weighted by Gasteiger charge is -2.10. The van der Waals surface area contributed by atoms with E-state index in [1.165, 1.54) is 0 Å². The van der Waals surface area contributed by atoms with Crippen molar-refractivity contribution in [3.8, 4) is 5.75 Å². The van der Waals surface area contributed by atoms with E-state index in [1.807, 2.05) is 0 Å². The highest BCUT2D eigenvalue weighted by atomic mass is 32.2. The van der Waals surface area contributed by atoms with Crippen molar-refractivity contribution in [2.24, 2.45) is 5.14 Å². The van der Waals surface area contributed by atoms with E-state index in [9.17, 15) is 30.4 Å². The molecule has 1 aromatic carbocycles. The second-order valence-electron chi connectivity index (χ2n) is 3.83. The molecule has 0 atom stereocenters. The van der Waals surface area contributed by atoms with E-state index in [2.05, 4.69) is 9.88 Å². The van der Waals surface area contributed by atoms with Crippen LogP contribution in [0.4, 0.5) is 22.0 Å². The minimum Gasteiger partial charge on any atom is -0.488 e. The fourth-order valence-corrected chi connectivity index (χ4v) is 1.82. The number of hydrogen-bond acceptors (Lipinski definition) is 3. The van der Waals surface area contributed by atoms with E-state index >= 15 is 0 Å². The largest absolute Gasteiger partial charge is 0.488 e. The van der Waals surface area contributed by atoms with Crippen LogP contribution in [0.3, 0.4) is 0 Å². The Bertz CT molecular complexity index is 562. The third-order valence-electron chi connectivity index (χ3n) is 2.15. The second kappa shape index (κ2) is 5.92. The summed E-state index contributed by atoms with van der Waals surface area (Å²) >= 11 is 0. The van der Waals surface area contributed by atoms with Gasteiger partial charge in [-0.15, -0.1) is 0 Å². The Labute approximate surface area is 111 Å². The van der Waals surface area contributed by atoms with E-state index in [-0.39, 0.29) is 0 Å². The Morgan fingerprint density at radius 2 is 1.65 bits per heavy atom. The van der Waals surface area contributed by atoms with Crippen LogP contribution >= 0.6 is 0 Å². The molecule has 20 heavy (non-hydrogen) atoms. The first-order valence-corrected chi connectivity index (χ1v) is 6.77. The first-order valence-electron chi connectivity index (χ1n) is 5.22. The van der Waals surface area contributed by atoms with Gasteiger partial charge in [-0.2, -0.15) is 13.2 Å². The molecule has 0 fully saturated rings. The molecule has 0 saturated carbocycles. The maximum absolute atomic E-state index is 13.4. The molecule has 1 rings (SSSR count). The van der Waals surface area contributed by atoms with E-state index in [0.717, 1.165) is 0 Å². The molecule has 0 aromatic heterocycles. The van der Waals surface area contributed by atoms with Gasteiger partial charge in [0.1, 0.15) is 0 Å². The summed E-state index contributed by atoms with van der Waals surface area (Å²) in [6, 6.07) is 0.856. The van der Waals surface area contributed by atoms with Crippen LogP contribution < -0.4 is 9.88 Å². The number of nitrogens with two attached hydrogens (primary N) is 1. The Morgan fingerprint density at radius 1 is 1.15 bits per heavy atom. The molecule has 4 nitrogen and oxygen atoms in total. The van der Waals surface area contributed by atoms with Crippen molar-refractivity contribution in [3.63, 3.8) is 0 Å². The predicted octanol–water partition coefficient (Wildman–Crippen LogP) is 2.33. The third kappa shape index (κ3) is 4.93. The summed E-state index contributed by atoms with van der Waals surface area (Å²) in [5.41, 5.74) is 0. The van der Waals surface area contributed by atoms with Crippen molar-refractivity contribution < 1.29 is 35.1 Å². The van der Waals surface area contributed by atoms with Gasteiger partial charge in [-0.05, 0) is 18.6 Å². The number of ether oxygens (including phenoxy) is 1. The van der Waals surface area contributed by atoms with Crippen LogP contribution in [0.5, 0.6) is 5.75 Å². The van der Waals surface area contributed by atoms with Gasteiger partial charge in [0.05, 0.1) is 11.5 Å². The minimum absolute atomic E-state index is 0.428. The predicted molar refractivity (Wildman–Crippen MR) is 58.5 cm³/mol. The molecule has 0 aliphatic rings. The van der Waals surface area contributed by atoms with Crippen LogP contribution in [0, 0.1) is 11.6 Å². The zero-order chi connectivity index (χ0) is 15.6. The van der Waals surface area contributed by atoms with Gasteiger partial charge in [-0.1, -0.05) is 0 Å². The highest BCUT2D eigenvalue weighted by Crippen LogP contribution is 2.26. The maximum Gasteiger partial charge on any atom is 0.389 e. The zero-order valence-electron chi connectivity index (χ0n) is 9.88. The van der Waals surface area contributed by atoms with Gasteiger partial charge in [0.15, 0.2) is 17.4 Å². The van der Waals surface area contributed by atoms with Gasteiger partial charge >= 0.3 is 6.18 Å². The van der Waals surface area contributed by atoms with Crippen molar-refractivity contribution in [1.82, 2.24) is 0 Å². The van der Waals surface area contributed by atoms with Gasteiger partial charge in [-0.3, -0.25) is 0 Å². The summed E-state index contributed by atoms with van der Waals surface area (Å²) in [5.74, 6) is -3.67. The third-order valence-corrected chi connectivity index (χ3v) is 3.04. The molecule has 0 aliphatic heterocycles. The smallest absolute Gasteiger partial charge is 0.389 e. The summed E-state index contributed by atoms with van der Waals surface area (Å²) < 4.78 is 88.7. The molecular formula is C10H10F5NO3S. The number of halogens is 5. The van der Waals surface area contributed by atoms with E-state index in [0.29, 0.717) is 12.1 Å². The SMILES string of the molecule is NS(=O)(=O)c1cc(F)c(OCCCC(F)(F)F)c(F)c1. The fourth-order valence-electron chi connectivity index (χ4n) is 1.29. The Hall–Kier alpha value is -1.42. The molecule has 0 bridgehead atoms. The molecule has 2 N–H and O–H groups in total. The lowest BCUT2D eigenvalue weighted by atomic mass is 10.3. The average molecular weight is 319 g/mol. The lowest BCUT2D eigenvalue weighted by Crippen LogP contribution is -2.14.